The first-order valence-electron chi connectivity index (χ1n) is 14.3. The monoisotopic (exact) mass is 562 g/mol. The van der Waals surface area contributed by atoms with Gasteiger partial charge in [-0.3, -0.25) is 9.59 Å². The highest BCUT2D eigenvalue weighted by molar-refractivity contribution is 5.94. The van der Waals surface area contributed by atoms with Gasteiger partial charge in [-0.15, -0.1) is 0 Å². The largest absolute Gasteiger partial charge is 0.458 e. The Labute approximate surface area is 237 Å². The molecule has 0 bridgehead atoms. The summed E-state index contributed by atoms with van der Waals surface area (Å²) in [6, 6.07) is 3.06. The number of halogens is 1. The molecule has 10 heteroatoms. The molecule has 1 aromatic carbocycles. The highest BCUT2D eigenvalue weighted by atomic mass is 19.1. The average Bonchev–Trinajstić information content (AvgIpc) is 3.31. The fraction of sp³-hybridized carbons (Fsp3) is 0.484. The fourth-order valence-corrected chi connectivity index (χ4v) is 6.50. The Hall–Kier alpha value is -3.63. The number of esters is 1. The second-order valence-electron chi connectivity index (χ2n) is 11.8. The van der Waals surface area contributed by atoms with Crippen molar-refractivity contribution in [2.24, 2.45) is 0 Å². The molecule has 0 spiro atoms. The van der Waals surface area contributed by atoms with Crippen LogP contribution < -0.4 is 10.9 Å². The van der Waals surface area contributed by atoms with Gasteiger partial charge >= 0.3 is 5.97 Å². The molecular weight excluding hydrogens is 527 g/mol. The highest BCUT2D eigenvalue weighted by Crippen LogP contribution is 2.45. The maximum Gasteiger partial charge on any atom is 0.343 e. The maximum atomic E-state index is 15.1. The zero-order valence-corrected chi connectivity index (χ0v) is 24.1. The van der Waals surface area contributed by atoms with E-state index in [9.17, 15) is 19.5 Å². The minimum absolute atomic E-state index is 0.0406. The van der Waals surface area contributed by atoms with Gasteiger partial charge in [0.2, 0.25) is 5.91 Å². The molecule has 9 nitrogen and oxygen atoms in total. The number of pyridine rings is 2. The van der Waals surface area contributed by atoms with Crippen LogP contribution in [0.5, 0.6) is 0 Å². The van der Waals surface area contributed by atoms with Crippen molar-refractivity contribution < 1.29 is 23.8 Å². The molecule has 4 heterocycles. The van der Waals surface area contributed by atoms with E-state index in [2.05, 4.69) is 24.1 Å². The predicted molar refractivity (Wildman–Crippen MR) is 151 cm³/mol. The zero-order valence-electron chi connectivity index (χ0n) is 24.1. The van der Waals surface area contributed by atoms with E-state index in [4.69, 9.17) is 9.72 Å². The SMILES string of the molecule is CC[C@@]1(O)C(=O)OCc2c1cc1n(c2=O)Cc2c-1nc1cc(F)c(C)c3c1c2[C@@H](NC(=O)CCN(C)C(C)C)CC3. The first kappa shape index (κ1) is 27.5. The molecule has 216 valence electrons. The van der Waals surface area contributed by atoms with Crippen LogP contribution in [0.2, 0.25) is 0 Å². The molecular formula is C31H35FN4O5. The van der Waals surface area contributed by atoms with Crippen LogP contribution in [-0.2, 0) is 39.5 Å². The van der Waals surface area contributed by atoms with Crippen LogP contribution in [0.3, 0.4) is 0 Å². The molecule has 41 heavy (non-hydrogen) atoms. The number of aryl methyl sites for hydroxylation is 1. The number of ether oxygens (including phenoxy) is 1. The van der Waals surface area contributed by atoms with Crippen molar-refractivity contribution in [1.82, 2.24) is 19.8 Å². The molecule has 2 N–H and O–H groups in total. The second kappa shape index (κ2) is 9.73. The number of cyclic esters (lactones) is 1. The number of rotatable bonds is 6. The summed E-state index contributed by atoms with van der Waals surface area (Å²) in [6.07, 6.45) is 1.56. The van der Waals surface area contributed by atoms with E-state index >= 15 is 4.39 Å². The summed E-state index contributed by atoms with van der Waals surface area (Å²) < 4.78 is 21.8. The number of carbonyl (C=O) groups is 2. The van der Waals surface area contributed by atoms with E-state index in [1.165, 1.54) is 6.07 Å². The summed E-state index contributed by atoms with van der Waals surface area (Å²) in [4.78, 5) is 46.4. The third kappa shape index (κ3) is 4.10. The average molecular weight is 563 g/mol. The zero-order chi connectivity index (χ0) is 29.4. The van der Waals surface area contributed by atoms with E-state index in [1.54, 1.807) is 24.5 Å². The summed E-state index contributed by atoms with van der Waals surface area (Å²) in [6.45, 7) is 8.19. The molecule has 3 aliphatic rings. The summed E-state index contributed by atoms with van der Waals surface area (Å²) in [5.41, 5.74) is 2.68. The number of hydrogen-bond acceptors (Lipinski definition) is 7. The van der Waals surface area contributed by atoms with Gasteiger partial charge in [-0.1, -0.05) is 6.92 Å². The van der Waals surface area contributed by atoms with Gasteiger partial charge in [-0.25, -0.2) is 14.2 Å². The van der Waals surface area contributed by atoms with Crippen molar-refractivity contribution in [3.63, 3.8) is 0 Å². The fourth-order valence-electron chi connectivity index (χ4n) is 6.50. The lowest BCUT2D eigenvalue weighted by Crippen LogP contribution is -2.44. The van der Waals surface area contributed by atoms with Gasteiger partial charge in [-0.2, -0.15) is 0 Å². The molecule has 3 aromatic rings. The molecule has 1 aliphatic carbocycles. The lowest BCUT2D eigenvalue weighted by molar-refractivity contribution is -0.172. The third-order valence-corrected chi connectivity index (χ3v) is 9.29. The van der Waals surface area contributed by atoms with Crippen LogP contribution in [0.25, 0.3) is 22.3 Å². The van der Waals surface area contributed by atoms with Crippen LogP contribution in [0, 0.1) is 12.7 Å². The topological polar surface area (TPSA) is 114 Å². The normalized spacial score (nSPS) is 20.7. The van der Waals surface area contributed by atoms with Gasteiger partial charge in [0.1, 0.15) is 12.4 Å². The lowest BCUT2D eigenvalue weighted by atomic mass is 9.81. The summed E-state index contributed by atoms with van der Waals surface area (Å²) in [5, 5.41) is 15.3. The Kier molecular flexibility index (Phi) is 6.54. The Morgan fingerprint density at radius 3 is 2.76 bits per heavy atom. The second-order valence-corrected chi connectivity index (χ2v) is 11.8. The summed E-state index contributed by atoms with van der Waals surface area (Å²) in [5.74, 6) is -1.21. The van der Waals surface area contributed by atoms with Crippen molar-refractivity contribution in [3.8, 4) is 11.4 Å². The van der Waals surface area contributed by atoms with Crippen LogP contribution in [-0.4, -0.2) is 51.1 Å². The number of hydrogen-bond donors (Lipinski definition) is 2. The van der Waals surface area contributed by atoms with Gasteiger partial charge < -0.3 is 24.6 Å². The van der Waals surface area contributed by atoms with Gasteiger partial charge in [0.15, 0.2) is 5.60 Å². The minimum Gasteiger partial charge on any atom is -0.458 e. The van der Waals surface area contributed by atoms with E-state index in [0.29, 0.717) is 54.3 Å². The Morgan fingerprint density at radius 2 is 2.05 bits per heavy atom. The molecule has 6 rings (SSSR count). The Balaban J connectivity index is 1.51. The molecule has 0 unspecified atom stereocenters. The number of nitrogens with zero attached hydrogens (tertiary/aromatic N) is 3. The molecule has 0 fully saturated rings. The first-order valence-corrected chi connectivity index (χ1v) is 14.3. The summed E-state index contributed by atoms with van der Waals surface area (Å²) >= 11 is 0. The minimum atomic E-state index is -1.94. The molecule has 2 aromatic heterocycles. The van der Waals surface area contributed by atoms with Crippen molar-refractivity contribution in [1.29, 1.82) is 0 Å². The van der Waals surface area contributed by atoms with Crippen molar-refractivity contribution in [2.45, 2.75) is 84.2 Å². The van der Waals surface area contributed by atoms with Gasteiger partial charge in [0.05, 0.1) is 35.1 Å². The number of benzene rings is 1. The number of carbonyl (C=O) groups excluding carboxylic acids is 2. The van der Waals surface area contributed by atoms with Crippen LogP contribution in [0.4, 0.5) is 4.39 Å². The number of fused-ring (bicyclic) bond motifs is 5. The standard InChI is InChI=1S/C31H35FN4O5/c1-6-31(40)20-11-24-28-18(13-36(24)29(38)19(20)14-41-30(31)39)27-22(33-25(37)9-10-35(5)15(2)3)8-7-17-16(4)21(32)12-23(34-28)26(17)27/h11-12,15,22,40H,6-10,13-14H2,1-5H3,(H,33,37)/t22-,31-/m0/s1. The van der Waals surface area contributed by atoms with Gasteiger partial charge in [0.25, 0.3) is 5.56 Å². The van der Waals surface area contributed by atoms with E-state index in [1.807, 2.05) is 7.05 Å². The smallest absolute Gasteiger partial charge is 0.343 e. The van der Waals surface area contributed by atoms with E-state index in [0.717, 1.165) is 22.1 Å². The Morgan fingerprint density at radius 1 is 1.29 bits per heavy atom. The number of nitrogens with one attached hydrogen (secondary N) is 1. The molecule has 0 saturated carbocycles. The highest BCUT2D eigenvalue weighted by Gasteiger charge is 2.46. The van der Waals surface area contributed by atoms with Gasteiger partial charge in [0, 0.05) is 41.6 Å². The first-order chi connectivity index (χ1) is 19.5. The maximum absolute atomic E-state index is 15.1. The number of amides is 1. The lowest BCUT2D eigenvalue weighted by Gasteiger charge is -2.31. The summed E-state index contributed by atoms with van der Waals surface area (Å²) in [7, 11) is 1.98. The quantitative estimate of drug-likeness (QED) is 0.347. The van der Waals surface area contributed by atoms with Gasteiger partial charge in [-0.05, 0) is 69.8 Å². The molecule has 2 aliphatic heterocycles. The number of aromatic nitrogens is 2. The predicted octanol–water partition coefficient (Wildman–Crippen LogP) is 3.36. The number of aliphatic hydroxyl groups is 1. The molecule has 2 atom stereocenters. The van der Waals surface area contributed by atoms with Crippen LogP contribution in [0.1, 0.15) is 79.5 Å². The molecule has 1 amide bonds. The Bertz CT molecular complexity index is 1700. The van der Waals surface area contributed by atoms with E-state index < -0.39 is 11.6 Å². The third-order valence-electron chi connectivity index (χ3n) is 9.29. The van der Waals surface area contributed by atoms with Crippen molar-refractivity contribution >= 4 is 22.8 Å². The van der Waals surface area contributed by atoms with Crippen molar-refractivity contribution in [2.75, 3.05) is 13.6 Å². The van der Waals surface area contributed by atoms with Crippen molar-refractivity contribution in [3.05, 3.63) is 61.7 Å². The molecule has 0 saturated heterocycles. The van der Waals surface area contributed by atoms with Crippen LogP contribution >= 0.6 is 0 Å². The molecule has 0 radical (unpaired) electrons. The van der Waals surface area contributed by atoms with E-state index in [-0.39, 0.29) is 54.0 Å². The van der Waals surface area contributed by atoms with Crippen LogP contribution in [0.15, 0.2) is 16.9 Å².